The van der Waals surface area contributed by atoms with Crippen molar-refractivity contribution in [2.75, 3.05) is 17.7 Å². The van der Waals surface area contributed by atoms with Gasteiger partial charge in [0.25, 0.3) is 0 Å². The van der Waals surface area contributed by atoms with Crippen LogP contribution in [-0.4, -0.2) is 13.0 Å². The zero-order chi connectivity index (χ0) is 23.8. The van der Waals surface area contributed by atoms with Gasteiger partial charge in [0.2, 0.25) is 5.91 Å². The smallest absolute Gasteiger partial charge is 0.224 e. The lowest BCUT2D eigenvalue weighted by molar-refractivity contribution is -0.116. The SMILES string of the molecule is COc1cc(CNc2cccc(NC(=O)CC(C)C)c2)c(Br)cc1OCc1ccccc1F. The molecular formula is C26H28BrFN2O3. The number of anilines is 2. The van der Waals surface area contributed by atoms with Crippen molar-refractivity contribution in [1.29, 1.82) is 0 Å². The van der Waals surface area contributed by atoms with Crippen LogP contribution in [0.2, 0.25) is 0 Å². The maximum Gasteiger partial charge on any atom is 0.224 e. The summed E-state index contributed by atoms with van der Waals surface area (Å²) in [6, 6.07) is 17.8. The summed E-state index contributed by atoms with van der Waals surface area (Å²) in [6.45, 7) is 4.65. The number of ether oxygens (including phenoxy) is 2. The minimum absolute atomic E-state index is 0.000559. The zero-order valence-electron chi connectivity index (χ0n) is 19.0. The Bertz CT molecular complexity index is 1100. The molecule has 0 aliphatic carbocycles. The number of methoxy groups -OCH3 is 1. The van der Waals surface area contributed by atoms with E-state index in [4.69, 9.17) is 9.47 Å². The van der Waals surface area contributed by atoms with E-state index in [0.717, 1.165) is 21.4 Å². The van der Waals surface area contributed by atoms with Crippen molar-refractivity contribution >= 4 is 33.2 Å². The number of carbonyl (C=O) groups excluding carboxylic acids is 1. The molecule has 1 amide bonds. The average molecular weight is 515 g/mol. The van der Waals surface area contributed by atoms with Gasteiger partial charge in [0, 0.05) is 34.4 Å². The number of hydrogen-bond acceptors (Lipinski definition) is 4. The van der Waals surface area contributed by atoms with E-state index in [1.165, 1.54) is 6.07 Å². The molecule has 7 heteroatoms. The summed E-state index contributed by atoms with van der Waals surface area (Å²) in [5.74, 6) is 1.07. The molecule has 2 N–H and O–H groups in total. The molecule has 0 spiro atoms. The Balaban J connectivity index is 1.66. The van der Waals surface area contributed by atoms with Crippen LogP contribution in [0.15, 0.2) is 65.1 Å². The van der Waals surface area contributed by atoms with E-state index in [9.17, 15) is 9.18 Å². The maximum absolute atomic E-state index is 13.9. The highest BCUT2D eigenvalue weighted by Crippen LogP contribution is 2.34. The molecule has 0 heterocycles. The summed E-state index contributed by atoms with van der Waals surface area (Å²) in [6.07, 6.45) is 0.482. The summed E-state index contributed by atoms with van der Waals surface area (Å²) in [5.41, 5.74) is 3.06. The highest BCUT2D eigenvalue weighted by Gasteiger charge is 2.12. The van der Waals surface area contributed by atoms with Crippen LogP contribution >= 0.6 is 15.9 Å². The largest absolute Gasteiger partial charge is 0.493 e. The molecule has 0 atom stereocenters. The van der Waals surface area contributed by atoms with Gasteiger partial charge in [-0.1, -0.05) is 54.0 Å². The summed E-state index contributed by atoms with van der Waals surface area (Å²) in [7, 11) is 1.57. The second kappa shape index (κ2) is 11.7. The van der Waals surface area contributed by atoms with Crippen LogP contribution in [0.3, 0.4) is 0 Å². The molecule has 0 fully saturated rings. The summed E-state index contributed by atoms with van der Waals surface area (Å²) >= 11 is 3.59. The number of nitrogens with one attached hydrogen (secondary N) is 2. The number of benzene rings is 3. The Kier molecular flexibility index (Phi) is 8.72. The van der Waals surface area contributed by atoms with E-state index in [1.54, 1.807) is 25.3 Å². The highest BCUT2D eigenvalue weighted by molar-refractivity contribution is 9.10. The lowest BCUT2D eigenvalue weighted by Crippen LogP contribution is -2.13. The normalized spacial score (nSPS) is 10.7. The van der Waals surface area contributed by atoms with Gasteiger partial charge in [0.05, 0.1) is 7.11 Å². The lowest BCUT2D eigenvalue weighted by Gasteiger charge is -2.15. The summed E-state index contributed by atoms with van der Waals surface area (Å²) in [5, 5.41) is 6.29. The van der Waals surface area contributed by atoms with Crippen molar-refractivity contribution in [1.82, 2.24) is 0 Å². The molecule has 3 aromatic carbocycles. The standard InChI is InChI=1S/C26H28BrFN2O3/c1-17(2)11-26(31)30-21-9-6-8-20(13-21)29-15-19-12-24(32-3)25(14-22(19)27)33-16-18-7-4-5-10-23(18)28/h4-10,12-14,17,29H,11,15-16H2,1-3H3,(H,30,31). The molecule has 3 rings (SSSR count). The van der Waals surface area contributed by atoms with Gasteiger partial charge < -0.3 is 20.1 Å². The summed E-state index contributed by atoms with van der Waals surface area (Å²) < 4.78 is 26.0. The molecule has 0 aromatic heterocycles. The minimum atomic E-state index is -0.307. The molecule has 0 saturated carbocycles. The third-order valence-electron chi connectivity index (χ3n) is 4.90. The topological polar surface area (TPSA) is 59.6 Å². The molecule has 0 unspecified atom stereocenters. The molecule has 3 aromatic rings. The van der Waals surface area contributed by atoms with Crippen LogP contribution in [0, 0.1) is 11.7 Å². The molecular weight excluding hydrogens is 487 g/mol. The van der Waals surface area contributed by atoms with Gasteiger partial charge in [-0.05, 0) is 47.9 Å². The van der Waals surface area contributed by atoms with E-state index in [0.29, 0.717) is 35.9 Å². The zero-order valence-corrected chi connectivity index (χ0v) is 20.5. The molecule has 174 valence electrons. The number of carbonyl (C=O) groups is 1. The van der Waals surface area contributed by atoms with Crippen LogP contribution in [0.25, 0.3) is 0 Å². The lowest BCUT2D eigenvalue weighted by atomic mass is 10.1. The Morgan fingerprint density at radius 1 is 1.00 bits per heavy atom. The predicted molar refractivity (Wildman–Crippen MR) is 133 cm³/mol. The van der Waals surface area contributed by atoms with Crippen LogP contribution in [-0.2, 0) is 17.9 Å². The van der Waals surface area contributed by atoms with Gasteiger partial charge in [-0.3, -0.25) is 4.79 Å². The van der Waals surface area contributed by atoms with Gasteiger partial charge >= 0.3 is 0 Å². The van der Waals surface area contributed by atoms with Crippen molar-refractivity contribution < 1.29 is 18.7 Å². The Morgan fingerprint density at radius 3 is 2.48 bits per heavy atom. The highest BCUT2D eigenvalue weighted by atomic mass is 79.9. The van der Waals surface area contributed by atoms with Crippen LogP contribution in [0.4, 0.5) is 15.8 Å². The average Bonchev–Trinajstić information content (AvgIpc) is 2.77. The Morgan fingerprint density at radius 2 is 1.76 bits per heavy atom. The van der Waals surface area contributed by atoms with Crippen LogP contribution in [0.5, 0.6) is 11.5 Å². The number of amides is 1. The van der Waals surface area contributed by atoms with Gasteiger partial charge in [-0.2, -0.15) is 0 Å². The number of rotatable bonds is 10. The molecule has 0 saturated heterocycles. The van der Waals surface area contributed by atoms with E-state index in [1.807, 2.05) is 50.2 Å². The van der Waals surface area contributed by atoms with Gasteiger partial charge in [-0.25, -0.2) is 4.39 Å². The quantitative estimate of drug-likeness (QED) is 0.313. The first-order chi connectivity index (χ1) is 15.9. The monoisotopic (exact) mass is 514 g/mol. The van der Waals surface area contributed by atoms with E-state index in [-0.39, 0.29) is 18.3 Å². The van der Waals surface area contributed by atoms with Crippen molar-refractivity contribution in [3.8, 4) is 11.5 Å². The number of hydrogen-bond donors (Lipinski definition) is 2. The second-order valence-electron chi connectivity index (χ2n) is 8.06. The van der Waals surface area contributed by atoms with Gasteiger partial charge in [0.15, 0.2) is 11.5 Å². The van der Waals surface area contributed by atoms with E-state index in [2.05, 4.69) is 26.6 Å². The van der Waals surface area contributed by atoms with Crippen molar-refractivity contribution in [2.45, 2.75) is 33.4 Å². The molecule has 0 radical (unpaired) electrons. The third-order valence-corrected chi connectivity index (χ3v) is 5.63. The third kappa shape index (κ3) is 7.22. The molecule has 0 aliphatic rings. The van der Waals surface area contributed by atoms with Crippen LogP contribution < -0.4 is 20.1 Å². The molecule has 33 heavy (non-hydrogen) atoms. The van der Waals surface area contributed by atoms with Crippen molar-refractivity contribution in [3.63, 3.8) is 0 Å². The van der Waals surface area contributed by atoms with Gasteiger partial charge in [-0.15, -0.1) is 0 Å². The van der Waals surface area contributed by atoms with Crippen LogP contribution in [0.1, 0.15) is 31.4 Å². The first-order valence-electron chi connectivity index (χ1n) is 10.7. The second-order valence-corrected chi connectivity index (χ2v) is 8.91. The van der Waals surface area contributed by atoms with E-state index >= 15 is 0 Å². The first-order valence-corrected chi connectivity index (χ1v) is 11.5. The first kappa shape index (κ1) is 24.6. The maximum atomic E-state index is 13.9. The predicted octanol–water partition coefficient (Wildman–Crippen LogP) is 6.77. The molecule has 0 aliphatic heterocycles. The fourth-order valence-electron chi connectivity index (χ4n) is 3.24. The number of halogens is 2. The van der Waals surface area contributed by atoms with E-state index < -0.39 is 0 Å². The fourth-order valence-corrected chi connectivity index (χ4v) is 3.71. The van der Waals surface area contributed by atoms with Crippen molar-refractivity contribution in [3.05, 3.63) is 82.1 Å². The summed E-state index contributed by atoms with van der Waals surface area (Å²) in [4.78, 5) is 12.0. The fraction of sp³-hybridized carbons (Fsp3) is 0.269. The Labute approximate surface area is 202 Å². The minimum Gasteiger partial charge on any atom is -0.493 e. The van der Waals surface area contributed by atoms with Crippen molar-refractivity contribution in [2.24, 2.45) is 5.92 Å². The molecule has 5 nitrogen and oxygen atoms in total. The van der Waals surface area contributed by atoms with Gasteiger partial charge in [0.1, 0.15) is 12.4 Å². The molecule has 0 bridgehead atoms. The Hall–Kier alpha value is -3.06.